The van der Waals surface area contributed by atoms with Gasteiger partial charge in [0.1, 0.15) is 0 Å². The van der Waals surface area contributed by atoms with Crippen LogP contribution in [0.5, 0.6) is 0 Å². The van der Waals surface area contributed by atoms with Gasteiger partial charge in [0, 0.05) is 20.6 Å². The number of hydrogen-bond acceptors (Lipinski definition) is 3. The summed E-state index contributed by atoms with van der Waals surface area (Å²) in [5.41, 5.74) is 1.07. The lowest BCUT2D eigenvalue weighted by molar-refractivity contribution is 0.520. The largest absolute Gasteiger partial charge is 0.316 e. The van der Waals surface area contributed by atoms with Gasteiger partial charge in [0.2, 0.25) is 10.0 Å². The summed E-state index contributed by atoms with van der Waals surface area (Å²) in [7, 11) is 1.61. The number of nitrogens with zero attached hydrogens (tertiary/aromatic N) is 1. The van der Waals surface area contributed by atoms with Gasteiger partial charge in [0.25, 0.3) is 0 Å². The lowest BCUT2D eigenvalue weighted by Crippen LogP contribution is -2.22. The van der Waals surface area contributed by atoms with Gasteiger partial charge in [-0.2, -0.15) is 0 Å². The van der Waals surface area contributed by atoms with Gasteiger partial charge in [-0.05, 0) is 24.7 Å². The molecule has 0 spiro atoms. The van der Waals surface area contributed by atoms with Crippen LogP contribution < -0.4 is 5.32 Å². The van der Waals surface area contributed by atoms with E-state index in [4.69, 9.17) is 0 Å². The van der Waals surface area contributed by atoms with Crippen LogP contribution in [0, 0.1) is 0 Å². The van der Waals surface area contributed by atoms with Crippen LogP contribution in [0.1, 0.15) is 5.56 Å². The van der Waals surface area contributed by atoms with Crippen molar-refractivity contribution >= 4 is 10.0 Å². The maximum Gasteiger partial charge on any atom is 0.242 e. The molecule has 0 bridgehead atoms. The van der Waals surface area contributed by atoms with Crippen LogP contribution in [0.4, 0.5) is 0 Å². The first-order chi connectivity index (χ1) is 6.98. The molecule has 0 unspecified atom stereocenters. The van der Waals surface area contributed by atoms with Gasteiger partial charge < -0.3 is 5.32 Å². The van der Waals surface area contributed by atoms with Gasteiger partial charge in [-0.25, -0.2) is 12.7 Å². The molecule has 4 nitrogen and oxygen atoms in total. The average Bonchev–Trinajstić information content (AvgIpc) is 2.19. The number of nitrogens with one attached hydrogen (secondary N) is 1. The second-order valence-corrected chi connectivity index (χ2v) is 5.61. The standard InChI is InChI=1S/C10H16N2O2S/c1-11-8-9-4-6-10(7-5-9)15(13,14)12(2)3/h4-7,11H,8H2,1-3H3. The van der Waals surface area contributed by atoms with Crippen LogP contribution >= 0.6 is 0 Å². The summed E-state index contributed by atoms with van der Waals surface area (Å²) in [5, 5.41) is 3.01. The van der Waals surface area contributed by atoms with E-state index >= 15 is 0 Å². The van der Waals surface area contributed by atoms with Crippen molar-refractivity contribution in [3.8, 4) is 0 Å². The molecule has 0 aliphatic heterocycles. The average molecular weight is 228 g/mol. The fourth-order valence-electron chi connectivity index (χ4n) is 1.19. The molecule has 84 valence electrons. The van der Waals surface area contributed by atoms with Gasteiger partial charge in [-0.1, -0.05) is 12.1 Å². The molecule has 1 aromatic rings. The van der Waals surface area contributed by atoms with Gasteiger partial charge in [-0.15, -0.1) is 0 Å². The molecule has 0 heterocycles. The lowest BCUT2D eigenvalue weighted by Gasteiger charge is -2.11. The van der Waals surface area contributed by atoms with Gasteiger partial charge in [0.15, 0.2) is 0 Å². The molecule has 15 heavy (non-hydrogen) atoms. The lowest BCUT2D eigenvalue weighted by atomic mass is 10.2. The Morgan fingerprint density at radius 1 is 1.20 bits per heavy atom. The van der Waals surface area contributed by atoms with Crippen LogP contribution in [0.15, 0.2) is 29.2 Å². The first-order valence-corrected chi connectivity index (χ1v) is 6.08. The fraction of sp³-hybridized carbons (Fsp3) is 0.400. The van der Waals surface area contributed by atoms with Crippen molar-refractivity contribution in [3.05, 3.63) is 29.8 Å². The zero-order valence-corrected chi connectivity index (χ0v) is 10.0. The molecule has 0 saturated carbocycles. The van der Waals surface area contributed by atoms with E-state index in [-0.39, 0.29) is 0 Å². The molecular weight excluding hydrogens is 212 g/mol. The molecule has 0 radical (unpaired) electrons. The van der Waals surface area contributed by atoms with E-state index in [2.05, 4.69) is 5.32 Å². The molecule has 0 aliphatic carbocycles. The zero-order valence-electron chi connectivity index (χ0n) is 9.19. The third-order valence-electron chi connectivity index (χ3n) is 2.08. The van der Waals surface area contributed by atoms with E-state index in [0.717, 1.165) is 12.1 Å². The second-order valence-electron chi connectivity index (χ2n) is 3.46. The molecule has 0 atom stereocenters. The Kier molecular flexibility index (Phi) is 3.84. The predicted octanol–water partition coefficient (Wildman–Crippen LogP) is 0.656. The van der Waals surface area contributed by atoms with Crippen molar-refractivity contribution in [2.45, 2.75) is 11.4 Å². The highest BCUT2D eigenvalue weighted by molar-refractivity contribution is 7.89. The van der Waals surface area contributed by atoms with Crippen molar-refractivity contribution < 1.29 is 8.42 Å². The highest BCUT2D eigenvalue weighted by atomic mass is 32.2. The molecule has 0 fully saturated rings. The maximum absolute atomic E-state index is 11.7. The minimum absolute atomic E-state index is 0.326. The van der Waals surface area contributed by atoms with E-state index in [9.17, 15) is 8.42 Å². The van der Waals surface area contributed by atoms with Crippen LogP contribution in [-0.4, -0.2) is 33.9 Å². The van der Waals surface area contributed by atoms with E-state index in [1.807, 2.05) is 19.2 Å². The molecule has 1 rings (SSSR count). The second kappa shape index (κ2) is 4.74. The Morgan fingerprint density at radius 3 is 2.13 bits per heavy atom. The van der Waals surface area contributed by atoms with Crippen LogP contribution in [0.25, 0.3) is 0 Å². The molecular formula is C10H16N2O2S. The normalized spacial score (nSPS) is 12.0. The van der Waals surface area contributed by atoms with E-state index in [1.54, 1.807) is 12.1 Å². The summed E-state index contributed by atoms with van der Waals surface area (Å²) >= 11 is 0. The predicted molar refractivity (Wildman–Crippen MR) is 60.1 cm³/mol. The Hall–Kier alpha value is -0.910. The third-order valence-corrected chi connectivity index (χ3v) is 3.91. The summed E-state index contributed by atoms with van der Waals surface area (Å²) < 4.78 is 24.6. The molecule has 1 N–H and O–H groups in total. The molecule has 0 aliphatic rings. The molecule has 1 aromatic carbocycles. The summed E-state index contributed by atoms with van der Waals surface area (Å²) in [6, 6.07) is 6.88. The van der Waals surface area contributed by atoms with E-state index in [0.29, 0.717) is 4.90 Å². The number of rotatable bonds is 4. The molecule has 5 heteroatoms. The summed E-state index contributed by atoms with van der Waals surface area (Å²) in [5.74, 6) is 0. The zero-order chi connectivity index (χ0) is 11.5. The van der Waals surface area contributed by atoms with Crippen molar-refractivity contribution in [2.75, 3.05) is 21.1 Å². The number of hydrogen-bond donors (Lipinski definition) is 1. The summed E-state index contributed by atoms with van der Waals surface area (Å²) in [6.45, 7) is 0.738. The van der Waals surface area contributed by atoms with Crippen molar-refractivity contribution in [3.63, 3.8) is 0 Å². The van der Waals surface area contributed by atoms with Crippen molar-refractivity contribution in [1.29, 1.82) is 0 Å². The minimum Gasteiger partial charge on any atom is -0.316 e. The molecule has 0 aromatic heterocycles. The quantitative estimate of drug-likeness (QED) is 0.823. The Bertz CT molecular complexity index is 410. The first-order valence-electron chi connectivity index (χ1n) is 4.64. The van der Waals surface area contributed by atoms with Crippen molar-refractivity contribution in [1.82, 2.24) is 9.62 Å². The maximum atomic E-state index is 11.7. The Morgan fingerprint density at radius 2 is 1.73 bits per heavy atom. The van der Waals surface area contributed by atoms with Crippen LogP contribution in [0.2, 0.25) is 0 Å². The monoisotopic (exact) mass is 228 g/mol. The van der Waals surface area contributed by atoms with Crippen LogP contribution in [0.3, 0.4) is 0 Å². The molecule has 0 amide bonds. The minimum atomic E-state index is -3.30. The highest BCUT2D eigenvalue weighted by Gasteiger charge is 2.16. The number of benzene rings is 1. The molecule has 0 saturated heterocycles. The van der Waals surface area contributed by atoms with Gasteiger partial charge >= 0.3 is 0 Å². The van der Waals surface area contributed by atoms with Crippen LogP contribution in [-0.2, 0) is 16.6 Å². The topological polar surface area (TPSA) is 49.4 Å². The summed E-state index contributed by atoms with van der Waals surface area (Å²) in [4.78, 5) is 0.326. The Balaban J connectivity index is 2.99. The first kappa shape index (κ1) is 12.2. The third kappa shape index (κ3) is 2.77. The van der Waals surface area contributed by atoms with E-state index in [1.165, 1.54) is 18.4 Å². The van der Waals surface area contributed by atoms with Gasteiger partial charge in [0.05, 0.1) is 4.90 Å². The van der Waals surface area contributed by atoms with E-state index < -0.39 is 10.0 Å². The smallest absolute Gasteiger partial charge is 0.242 e. The van der Waals surface area contributed by atoms with Gasteiger partial charge in [-0.3, -0.25) is 0 Å². The highest BCUT2D eigenvalue weighted by Crippen LogP contribution is 2.13. The van der Waals surface area contributed by atoms with Crippen molar-refractivity contribution in [2.24, 2.45) is 0 Å². The Labute approximate surface area is 91.0 Å². The SMILES string of the molecule is CNCc1ccc(S(=O)(=O)N(C)C)cc1. The summed E-state index contributed by atoms with van der Waals surface area (Å²) in [6.07, 6.45) is 0. The fourth-order valence-corrected chi connectivity index (χ4v) is 2.10. The number of sulfonamides is 1.